The highest BCUT2D eigenvalue weighted by Crippen LogP contribution is 2.10. The summed E-state index contributed by atoms with van der Waals surface area (Å²) in [5.74, 6) is -2.64. The molecule has 8 nitrogen and oxygen atoms in total. The first-order chi connectivity index (χ1) is 9.40. The van der Waals surface area contributed by atoms with Gasteiger partial charge in [0.2, 0.25) is 0 Å². The van der Waals surface area contributed by atoms with Gasteiger partial charge in [-0.25, -0.2) is 9.59 Å². The van der Waals surface area contributed by atoms with Gasteiger partial charge < -0.3 is 20.8 Å². The molecule has 0 aromatic heterocycles. The van der Waals surface area contributed by atoms with Crippen LogP contribution in [-0.2, 0) is 9.59 Å². The van der Waals surface area contributed by atoms with E-state index >= 15 is 0 Å². The zero-order valence-electron chi connectivity index (χ0n) is 11.5. The number of urea groups is 1. The molecular weight excluding hydrogens is 266 g/mol. The Morgan fingerprint density at radius 1 is 1.20 bits per heavy atom. The molecule has 0 radical (unpaired) electrons. The van der Waals surface area contributed by atoms with Crippen LogP contribution in [0.25, 0.3) is 0 Å². The number of nitrogens with one attached hydrogen (secondary N) is 2. The van der Waals surface area contributed by atoms with Gasteiger partial charge in [0.15, 0.2) is 0 Å². The van der Waals surface area contributed by atoms with Crippen molar-refractivity contribution in [2.45, 2.75) is 38.3 Å². The van der Waals surface area contributed by atoms with E-state index in [0.29, 0.717) is 6.54 Å². The number of likely N-dealkylation sites (tertiary alicyclic amines) is 1. The molecule has 114 valence electrons. The lowest BCUT2D eigenvalue weighted by atomic mass is 10.2. The van der Waals surface area contributed by atoms with E-state index in [0.717, 1.165) is 25.9 Å². The highest BCUT2D eigenvalue weighted by molar-refractivity contribution is 5.86. The minimum Gasteiger partial charge on any atom is -0.481 e. The van der Waals surface area contributed by atoms with Crippen LogP contribution < -0.4 is 10.6 Å². The van der Waals surface area contributed by atoms with Gasteiger partial charge in [0.25, 0.3) is 0 Å². The average Bonchev–Trinajstić information content (AvgIpc) is 2.88. The summed E-state index contributed by atoms with van der Waals surface area (Å²) in [6, 6.07) is -1.91. The van der Waals surface area contributed by atoms with E-state index in [1.165, 1.54) is 0 Å². The second kappa shape index (κ2) is 7.68. The van der Waals surface area contributed by atoms with Crippen molar-refractivity contribution in [3.63, 3.8) is 0 Å². The molecule has 1 heterocycles. The van der Waals surface area contributed by atoms with Crippen molar-refractivity contribution in [1.82, 2.24) is 15.5 Å². The van der Waals surface area contributed by atoms with Crippen molar-refractivity contribution in [3.05, 3.63) is 0 Å². The fraction of sp³-hybridized carbons (Fsp3) is 0.750. The van der Waals surface area contributed by atoms with E-state index in [1.54, 1.807) is 0 Å². The number of amides is 2. The predicted molar refractivity (Wildman–Crippen MR) is 70.5 cm³/mol. The normalized spacial score (nSPS) is 18.2. The van der Waals surface area contributed by atoms with Gasteiger partial charge in [0.1, 0.15) is 6.04 Å². The topological polar surface area (TPSA) is 119 Å². The molecule has 1 rings (SSSR count). The van der Waals surface area contributed by atoms with E-state index in [4.69, 9.17) is 10.2 Å². The van der Waals surface area contributed by atoms with Gasteiger partial charge in [0.05, 0.1) is 6.42 Å². The van der Waals surface area contributed by atoms with E-state index in [-0.39, 0.29) is 6.04 Å². The molecule has 2 unspecified atom stereocenters. The first kappa shape index (κ1) is 16.2. The number of nitrogens with zero attached hydrogens (tertiary/aromatic N) is 1. The molecule has 2 amide bonds. The third kappa shape index (κ3) is 5.43. The van der Waals surface area contributed by atoms with Crippen molar-refractivity contribution in [3.8, 4) is 0 Å². The lowest BCUT2D eigenvalue weighted by molar-refractivity contribution is -0.145. The van der Waals surface area contributed by atoms with E-state index in [2.05, 4.69) is 15.5 Å². The molecule has 2 atom stereocenters. The molecule has 0 aliphatic carbocycles. The Hall–Kier alpha value is -1.83. The molecule has 0 bridgehead atoms. The van der Waals surface area contributed by atoms with Gasteiger partial charge in [-0.15, -0.1) is 0 Å². The quantitative estimate of drug-likeness (QED) is 0.510. The summed E-state index contributed by atoms with van der Waals surface area (Å²) in [4.78, 5) is 35.1. The standard InChI is InChI=1S/C12H21N3O5/c1-8(15-4-2-3-5-15)7-13-12(20)14-9(11(18)19)6-10(16)17/h8-9H,2-7H2,1H3,(H,16,17)(H,18,19)(H2,13,14,20). The maximum atomic E-state index is 11.6. The highest BCUT2D eigenvalue weighted by Gasteiger charge is 2.23. The monoisotopic (exact) mass is 287 g/mol. The first-order valence-electron chi connectivity index (χ1n) is 6.63. The number of rotatable bonds is 7. The van der Waals surface area contributed by atoms with Crippen LogP contribution >= 0.6 is 0 Å². The largest absolute Gasteiger partial charge is 0.481 e. The van der Waals surface area contributed by atoms with Gasteiger partial charge in [-0.2, -0.15) is 0 Å². The highest BCUT2D eigenvalue weighted by atomic mass is 16.4. The van der Waals surface area contributed by atoms with Crippen LogP contribution in [0.1, 0.15) is 26.2 Å². The number of carbonyl (C=O) groups is 3. The average molecular weight is 287 g/mol. The molecule has 4 N–H and O–H groups in total. The van der Waals surface area contributed by atoms with Crippen LogP contribution in [0, 0.1) is 0 Å². The van der Waals surface area contributed by atoms with Crippen LogP contribution in [-0.4, -0.2) is 64.8 Å². The molecule has 0 aromatic rings. The molecule has 1 aliphatic rings. The van der Waals surface area contributed by atoms with Gasteiger partial charge in [0, 0.05) is 12.6 Å². The van der Waals surface area contributed by atoms with Gasteiger partial charge in [-0.05, 0) is 32.9 Å². The van der Waals surface area contributed by atoms with Crippen molar-refractivity contribution in [1.29, 1.82) is 0 Å². The molecule has 8 heteroatoms. The number of hydrogen-bond acceptors (Lipinski definition) is 4. The number of carbonyl (C=O) groups excluding carboxylic acids is 1. The van der Waals surface area contributed by atoms with Crippen molar-refractivity contribution >= 4 is 18.0 Å². The summed E-state index contributed by atoms with van der Waals surface area (Å²) >= 11 is 0. The van der Waals surface area contributed by atoms with Crippen LogP contribution in [0.3, 0.4) is 0 Å². The molecule has 1 fully saturated rings. The van der Waals surface area contributed by atoms with Crippen molar-refractivity contribution in [2.24, 2.45) is 0 Å². The van der Waals surface area contributed by atoms with Gasteiger partial charge >= 0.3 is 18.0 Å². The molecule has 0 saturated carbocycles. The Balaban J connectivity index is 2.33. The Morgan fingerprint density at radius 2 is 1.80 bits per heavy atom. The van der Waals surface area contributed by atoms with Crippen LogP contribution in [0.5, 0.6) is 0 Å². The van der Waals surface area contributed by atoms with Crippen LogP contribution in [0.4, 0.5) is 4.79 Å². The third-order valence-electron chi connectivity index (χ3n) is 3.30. The molecule has 1 aliphatic heterocycles. The van der Waals surface area contributed by atoms with Crippen LogP contribution in [0.15, 0.2) is 0 Å². The zero-order valence-corrected chi connectivity index (χ0v) is 11.5. The molecule has 1 saturated heterocycles. The second-order valence-corrected chi connectivity index (χ2v) is 4.94. The summed E-state index contributed by atoms with van der Waals surface area (Å²) in [6.07, 6.45) is 1.65. The number of hydrogen-bond donors (Lipinski definition) is 4. The Morgan fingerprint density at radius 3 is 2.30 bits per heavy atom. The Bertz CT molecular complexity index is 368. The van der Waals surface area contributed by atoms with Gasteiger partial charge in [-0.3, -0.25) is 9.69 Å². The molecule has 0 spiro atoms. The summed E-state index contributed by atoms with van der Waals surface area (Å²) in [5, 5.41) is 22.1. The van der Waals surface area contributed by atoms with E-state index < -0.39 is 30.4 Å². The minimum absolute atomic E-state index is 0.172. The van der Waals surface area contributed by atoms with Gasteiger partial charge in [-0.1, -0.05) is 0 Å². The second-order valence-electron chi connectivity index (χ2n) is 4.94. The van der Waals surface area contributed by atoms with E-state index in [1.807, 2.05) is 6.92 Å². The van der Waals surface area contributed by atoms with Crippen molar-refractivity contribution < 1.29 is 24.6 Å². The summed E-state index contributed by atoms with van der Waals surface area (Å²) in [5.41, 5.74) is 0. The Kier molecular flexibility index (Phi) is 6.23. The summed E-state index contributed by atoms with van der Waals surface area (Å²) in [7, 11) is 0. The van der Waals surface area contributed by atoms with Crippen LogP contribution in [0.2, 0.25) is 0 Å². The van der Waals surface area contributed by atoms with Crippen molar-refractivity contribution in [2.75, 3.05) is 19.6 Å². The fourth-order valence-corrected chi connectivity index (χ4v) is 2.14. The van der Waals surface area contributed by atoms with E-state index in [9.17, 15) is 14.4 Å². The lowest BCUT2D eigenvalue weighted by Crippen LogP contribution is -2.49. The number of carboxylic acid groups (broad SMARTS) is 2. The summed E-state index contributed by atoms with van der Waals surface area (Å²) < 4.78 is 0. The SMILES string of the molecule is CC(CNC(=O)NC(CC(=O)O)C(=O)O)N1CCCC1. The smallest absolute Gasteiger partial charge is 0.326 e. The molecular formula is C12H21N3O5. The Labute approximate surface area is 117 Å². The predicted octanol–water partition coefficient (Wildman–Crippen LogP) is -0.302. The third-order valence-corrected chi connectivity index (χ3v) is 3.30. The lowest BCUT2D eigenvalue weighted by Gasteiger charge is -2.24. The molecule has 20 heavy (non-hydrogen) atoms. The molecule has 0 aromatic carbocycles. The number of carboxylic acids is 2. The number of aliphatic carboxylic acids is 2. The minimum atomic E-state index is -1.42. The first-order valence-corrected chi connectivity index (χ1v) is 6.63. The summed E-state index contributed by atoms with van der Waals surface area (Å²) in [6.45, 7) is 4.38. The fourth-order valence-electron chi connectivity index (χ4n) is 2.14. The maximum Gasteiger partial charge on any atom is 0.326 e. The maximum absolute atomic E-state index is 11.6. The zero-order chi connectivity index (χ0) is 15.1.